The third-order valence-electron chi connectivity index (χ3n) is 8.20. The number of rotatable bonds is 5. The summed E-state index contributed by atoms with van der Waals surface area (Å²) >= 11 is 1.96. The molecule has 5 heteroatoms. The van der Waals surface area contributed by atoms with Gasteiger partial charge in [0, 0.05) is 22.9 Å². The molecular formula is C29H29N3OS. The van der Waals surface area contributed by atoms with Gasteiger partial charge in [-0.1, -0.05) is 72.4 Å². The first-order valence-electron chi connectivity index (χ1n) is 12.5. The fraction of sp³-hybridized carbons (Fsp3) is 0.379. The molecule has 4 saturated carbocycles. The molecule has 8 rings (SSSR count). The first-order chi connectivity index (χ1) is 16.6. The minimum atomic E-state index is 0.228. The van der Waals surface area contributed by atoms with Crippen molar-refractivity contribution in [1.29, 1.82) is 0 Å². The van der Waals surface area contributed by atoms with Crippen molar-refractivity contribution in [2.75, 3.05) is 0 Å². The van der Waals surface area contributed by atoms with Crippen molar-refractivity contribution in [1.82, 2.24) is 14.4 Å². The summed E-state index contributed by atoms with van der Waals surface area (Å²) in [6.45, 7) is 0. The molecule has 0 atom stereocenters. The smallest absolute Gasteiger partial charge is 0.219 e. The van der Waals surface area contributed by atoms with Crippen LogP contribution in [0.15, 0.2) is 71.9 Å². The van der Waals surface area contributed by atoms with E-state index in [4.69, 9.17) is 9.97 Å². The average Bonchev–Trinajstić information content (AvgIpc) is 3.15. The maximum Gasteiger partial charge on any atom is 0.219 e. The second kappa shape index (κ2) is 7.88. The second-order valence-electron chi connectivity index (χ2n) is 10.7. The molecule has 172 valence electrons. The van der Waals surface area contributed by atoms with E-state index in [-0.39, 0.29) is 10.6 Å². The normalized spacial score (nSPS) is 27.5. The molecule has 4 bridgehead atoms. The van der Waals surface area contributed by atoms with Crippen molar-refractivity contribution < 1.29 is 5.11 Å². The molecule has 2 aromatic heterocycles. The van der Waals surface area contributed by atoms with Crippen LogP contribution >= 0.6 is 11.8 Å². The summed E-state index contributed by atoms with van der Waals surface area (Å²) < 4.78 is 2.15. The summed E-state index contributed by atoms with van der Waals surface area (Å²) in [5.41, 5.74) is 4.61. The monoisotopic (exact) mass is 467 g/mol. The zero-order valence-electron chi connectivity index (χ0n) is 19.2. The van der Waals surface area contributed by atoms with E-state index in [9.17, 15) is 5.11 Å². The van der Waals surface area contributed by atoms with Crippen LogP contribution in [0.3, 0.4) is 0 Å². The number of hydrogen-bond donors (Lipinski definition) is 1. The standard InChI is InChI=1S/C29H29N3OS/c33-28-24(14-19-7-3-1-4-8-19)30-26-27(31-25(18-32(26)28)23-9-5-2-6-10-23)34-29-15-20-11-21(16-29)13-22(12-20)17-29/h1-10,18,20-22,33H,11-17H2. The Morgan fingerprint density at radius 2 is 1.47 bits per heavy atom. The molecular weight excluding hydrogens is 438 g/mol. The Hall–Kier alpha value is -2.79. The van der Waals surface area contributed by atoms with Crippen LogP contribution in [0.2, 0.25) is 0 Å². The van der Waals surface area contributed by atoms with Crippen molar-refractivity contribution in [2.24, 2.45) is 17.8 Å². The quantitative estimate of drug-likeness (QED) is 0.353. The second-order valence-corrected chi connectivity index (χ2v) is 12.2. The average molecular weight is 468 g/mol. The van der Waals surface area contributed by atoms with Crippen LogP contribution in [-0.2, 0) is 6.42 Å². The molecule has 4 aliphatic rings. The number of nitrogens with zero attached hydrogens (tertiary/aromatic N) is 3. The van der Waals surface area contributed by atoms with E-state index in [2.05, 4.69) is 24.3 Å². The third kappa shape index (κ3) is 3.52. The molecule has 4 aromatic rings. The van der Waals surface area contributed by atoms with E-state index >= 15 is 0 Å². The minimum Gasteiger partial charge on any atom is -0.493 e. The molecule has 0 radical (unpaired) electrons. The van der Waals surface area contributed by atoms with Crippen LogP contribution in [-0.4, -0.2) is 24.2 Å². The minimum absolute atomic E-state index is 0.228. The highest BCUT2D eigenvalue weighted by Crippen LogP contribution is 2.62. The number of aromatic hydroxyl groups is 1. The third-order valence-corrected chi connectivity index (χ3v) is 9.60. The van der Waals surface area contributed by atoms with Crippen molar-refractivity contribution >= 4 is 17.4 Å². The van der Waals surface area contributed by atoms with Crippen molar-refractivity contribution in [3.63, 3.8) is 0 Å². The molecule has 4 fully saturated rings. The van der Waals surface area contributed by atoms with Crippen molar-refractivity contribution in [2.45, 2.75) is 54.7 Å². The fourth-order valence-corrected chi connectivity index (χ4v) is 8.89. The highest BCUT2D eigenvalue weighted by atomic mass is 32.2. The highest BCUT2D eigenvalue weighted by molar-refractivity contribution is 8.00. The molecule has 1 N–H and O–H groups in total. The number of benzene rings is 2. The molecule has 0 amide bonds. The summed E-state index contributed by atoms with van der Waals surface area (Å²) in [5, 5.41) is 12.2. The lowest BCUT2D eigenvalue weighted by atomic mass is 9.56. The molecule has 0 aliphatic heterocycles. The van der Waals surface area contributed by atoms with E-state index in [1.165, 1.54) is 38.5 Å². The predicted octanol–water partition coefficient (Wildman–Crippen LogP) is 6.75. The van der Waals surface area contributed by atoms with Crippen LogP contribution in [0.5, 0.6) is 5.88 Å². The number of imidazole rings is 1. The predicted molar refractivity (Wildman–Crippen MR) is 136 cm³/mol. The van der Waals surface area contributed by atoms with Crippen molar-refractivity contribution in [3.05, 3.63) is 78.1 Å². The number of thioether (sulfide) groups is 1. The zero-order chi connectivity index (χ0) is 22.7. The lowest BCUT2D eigenvalue weighted by molar-refractivity contribution is 0.0383. The van der Waals surface area contributed by atoms with E-state index in [1.54, 1.807) is 0 Å². The van der Waals surface area contributed by atoms with Gasteiger partial charge in [0.1, 0.15) is 10.7 Å². The van der Waals surface area contributed by atoms with Crippen molar-refractivity contribution in [3.8, 4) is 17.1 Å². The summed E-state index contributed by atoms with van der Waals surface area (Å²) in [6, 6.07) is 20.5. The van der Waals surface area contributed by atoms with Gasteiger partial charge in [0.25, 0.3) is 0 Å². The zero-order valence-corrected chi connectivity index (χ0v) is 20.0. The number of fused-ring (bicyclic) bond motifs is 1. The Morgan fingerprint density at radius 3 is 2.12 bits per heavy atom. The Morgan fingerprint density at radius 1 is 0.853 bits per heavy atom. The van der Waals surface area contributed by atoms with E-state index < -0.39 is 0 Å². The van der Waals surface area contributed by atoms with E-state index in [0.29, 0.717) is 12.1 Å². The molecule has 34 heavy (non-hydrogen) atoms. The van der Waals surface area contributed by atoms with Crippen LogP contribution in [0.4, 0.5) is 0 Å². The molecule has 0 saturated heterocycles. The summed E-state index contributed by atoms with van der Waals surface area (Å²) in [7, 11) is 0. The van der Waals surface area contributed by atoms with Gasteiger partial charge in [-0.05, 0) is 61.8 Å². The van der Waals surface area contributed by atoms with Gasteiger partial charge in [0.15, 0.2) is 5.65 Å². The van der Waals surface area contributed by atoms with E-state index in [0.717, 1.165) is 45.2 Å². The van der Waals surface area contributed by atoms with Crippen LogP contribution in [0.25, 0.3) is 16.9 Å². The first kappa shape index (κ1) is 20.6. The Labute approximate surface area is 204 Å². The first-order valence-corrected chi connectivity index (χ1v) is 13.4. The Kier molecular flexibility index (Phi) is 4.77. The van der Waals surface area contributed by atoms with Gasteiger partial charge in [0.05, 0.1) is 5.69 Å². The van der Waals surface area contributed by atoms with Crippen LogP contribution in [0, 0.1) is 17.8 Å². The molecule has 0 unspecified atom stereocenters. The van der Waals surface area contributed by atoms with Crippen LogP contribution < -0.4 is 0 Å². The largest absolute Gasteiger partial charge is 0.493 e. The SMILES string of the molecule is Oc1c(Cc2ccccc2)nc2c(SC34CC5CC(CC(C5)C3)C4)nc(-c3ccccc3)cn12. The lowest BCUT2D eigenvalue weighted by Crippen LogP contribution is -2.48. The maximum atomic E-state index is 11.2. The Bertz CT molecular complexity index is 1310. The maximum absolute atomic E-state index is 11.2. The molecule has 2 aromatic carbocycles. The molecule has 2 heterocycles. The summed E-state index contributed by atoms with van der Waals surface area (Å²) in [5.74, 6) is 2.88. The van der Waals surface area contributed by atoms with Gasteiger partial charge in [-0.2, -0.15) is 0 Å². The van der Waals surface area contributed by atoms with Gasteiger partial charge >= 0.3 is 0 Å². The topological polar surface area (TPSA) is 50.4 Å². The van der Waals surface area contributed by atoms with Gasteiger partial charge in [0.2, 0.25) is 5.88 Å². The number of hydrogen-bond acceptors (Lipinski definition) is 4. The highest BCUT2D eigenvalue weighted by Gasteiger charge is 2.51. The van der Waals surface area contributed by atoms with Gasteiger partial charge in [-0.25, -0.2) is 9.97 Å². The van der Waals surface area contributed by atoms with Gasteiger partial charge < -0.3 is 5.11 Å². The molecule has 4 nitrogen and oxygen atoms in total. The summed E-state index contributed by atoms with van der Waals surface area (Å²) in [6.07, 6.45) is 10.7. The fourth-order valence-electron chi connectivity index (χ4n) is 7.14. The summed E-state index contributed by atoms with van der Waals surface area (Å²) in [4.78, 5) is 10.1. The van der Waals surface area contributed by atoms with Crippen LogP contribution in [0.1, 0.15) is 49.8 Å². The van der Waals surface area contributed by atoms with E-state index in [1.807, 2.05) is 58.8 Å². The van der Waals surface area contributed by atoms with Gasteiger partial charge in [-0.3, -0.25) is 4.40 Å². The lowest BCUT2D eigenvalue weighted by Gasteiger charge is -2.56. The Balaban J connectivity index is 1.34. The van der Waals surface area contributed by atoms with Gasteiger partial charge in [-0.15, -0.1) is 0 Å². The molecule has 0 spiro atoms. The molecule has 4 aliphatic carbocycles. The number of aromatic nitrogens is 3.